The Labute approximate surface area is 252 Å². The second-order valence-electron chi connectivity index (χ2n) is 12.4. The molecule has 0 aliphatic carbocycles. The highest BCUT2D eigenvalue weighted by Gasteiger charge is 2.43. The van der Waals surface area contributed by atoms with Crippen LogP contribution in [0.1, 0.15) is 83.0 Å². The molecule has 0 bridgehead atoms. The molecular formula is C33H44N2O6S. The van der Waals surface area contributed by atoms with Gasteiger partial charge in [-0.1, -0.05) is 52.3 Å². The number of carbonyl (C=O) groups is 2. The first-order chi connectivity index (χ1) is 19.9. The lowest BCUT2D eigenvalue weighted by Gasteiger charge is -2.34. The molecule has 0 spiro atoms. The molecule has 0 unspecified atom stereocenters. The Bertz CT molecular complexity index is 1300. The van der Waals surface area contributed by atoms with Gasteiger partial charge in [-0.25, -0.2) is 9.98 Å². The average molecular weight is 597 g/mol. The van der Waals surface area contributed by atoms with Crippen molar-refractivity contribution >= 4 is 35.1 Å². The molecule has 42 heavy (non-hydrogen) atoms. The topological polar surface area (TPSA) is 118 Å². The summed E-state index contributed by atoms with van der Waals surface area (Å²) in [6.07, 6.45) is 1.02. The molecule has 4 rings (SSSR count). The summed E-state index contributed by atoms with van der Waals surface area (Å²) >= 11 is 1.54. The Morgan fingerprint density at radius 2 is 1.81 bits per heavy atom. The van der Waals surface area contributed by atoms with E-state index in [9.17, 15) is 19.8 Å². The Kier molecular flexibility index (Phi) is 10.4. The van der Waals surface area contributed by atoms with E-state index in [1.165, 1.54) is 0 Å². The largest absolute Gasteiger partial charge is 0.472 e. The van der Waals surface area contributed by atoms with Crippen molar-refractivity contribution in [1.29, 1.82) is 0 Å². The maximum atomic E-state index is 13.4. The first-order valence-corrected chi connectivity index (χ1v) is 15.7. The standard InChI is InChI=1S/C33H44N2O6S/c1-19-11-10-14-25-27(41-32(35-25)23-12-8-7-9-13-23)16-26(20(2)15-24-18-42-22(4)34-24)40-29(37)17-28(36)33(5,6)31(39)21(3)30(19)38/h7-9,12-13,15,18-19,21,25-28,30,36,38H,10-11,14,16-17H2,1-6H3/b20-15+/t19-,21+,25-,26-,27-,28-,30-/m0/s1. The monoisotopic (exact) mass is 596 g/mol. The van der Waals surface area contributed by atoms with Gasteiger partial charge in [0.15, 0.2) is 0 Å². The maximum Gasteiger partial charge on any atom is 0.309 e. The predicted molar refractivity (Wildman–Crippen MR) is 164 cm³/mol. The highest BCUT2D eigenvalue weighted by atomic mass is 32.1. The van der Waals surface area contributed by atoms with Crippen molar-refractivity contribution < 1.29 is 29.3 Å². The molecule has 2 aliphatic heterocycles. The highest BCUT2D eigenvalue weighted by Crippen LogP contribution is 2.34. The lowest BCUT2D eigenvalue weighted by Crippen LogP contribution is -2.46. The van der Waals surface area contributed by atoms with E-state index in [1.54, 1.807) is 32.1 Å². The molecule has 8 nitrogen and oxygen atoms in total. The third-order valence-corrected chi connectivity index (χ3v) is 9.52. The number of aromatic nitrogens is 1. The van der Waals surface area contributed by atoms with E-state index < -0.39 is 35.6 Å². The van der Waals surface area contributed by atoms with Crippen LogP contribution in [0, 0.1) is 24.2 Å². The number of aliphatic imine (C=N–C) groups is 1. The predicted octanol–water partition coefficient (Wildman–Crippen LogP) is 5.53. The number of carbonyl (C=O) groups excluding carboxylic acids is 2. The highest BCUT2D eigenvalue weighted by molar-refractivity contribution is 7.09. The van der Waals surface area contributed by atoms with Crippen LogP contribution in [0.5, 0.6) is 0 Å². The molecule has 0 radical (unpaired) electrons. The summed E-state index contributed by atoms with van der Waals surface area (Å²) < 4.78 is 12.5. The lowest BCUT2D eigenvalue weighted by atomic mass is 9.73. The minimum absolute atomic E-state index is 0.132. The normalized spacial score (nSPS) is 31.6. The van der Waals surface area contributed by atoms with Crippen LogP contribution in [0.3, 0.4) is 0 Å². The molecule has 7 atom stereocenters. The van der Waals surface area contributed by atoms with Gasteiger partial charge in [0.1, 0.15) is 18.0 Å². The summed E-state index contributed by atoms with van der Waals surface area (Å²) in [5.74, 6) is -1.15. The van der Waals surface area contributed by atoms with Crippen molar-refractivity contribution in [3.63, 3.8) is 0 Å². The number of aliphatic hydroxyl groups is 2. The van der Waals surface area contributed by atoms with Gasteiger partial charge in [0.25, 0.3) is 0 Å². The summed E-state index contributed by atoms with van der Waals surface area (Å²) in [7, 11) is 0. The van der Waals surface area contributed by atoms with Crippen molar-refractivity contribution in [2.75, 3.05) is 0 Å². The molecule has 1 aromatic carbocycles. The number of nitrogens with zero attached hydrogens (tertiary/aromatic N) is 2. The number of aliphatic hydroxyl groups excluding tert-OH is 2. The van der Waals surface area contributed by atoms with Crippen molar-refractivity contribution in [1.82, 2.24) is 4.98 Å². The zero-order valence-electron chi connectivity index (χ0n) is 25.4. The van der Waals surface area contributed by atoms with Crippen LogP contribution in [0.4, 0.5) is 0 Å². The van der Waals surface area contributed by atoms with Gasteiger partial charge < -0.3 is 19.7 Å². The SMILES string of the molecule is C/C(=C\c1csc(C)n1)[C@@H]1C[C@@H]2OC(c3ccccc3)=N[C@H]2CCC[C@H](C)[C@H](O)[C@@H](C)C(=O)C(C)(C)[C@@H](O)CC(=O)O1. The number of ether oxygens (including phenoxy) is 2. The number of cyclic esters (lactones) is 1. The van der Waals surface area contributed by atoms with Gasteiger partial charge in [-0.2, -0.15) is 0 Å². The molecular weight excluding hydrogens is 552 g/mol. The van der Waals surface area contributed by atoms with E-state index in [0.717, 1.165) is 34.7 Å². The van der Waals surface area contributed by atoms with Crippen molar-refractivity contribution in [3.8, 4) is 0 Å². The molecule has 2 aromatic rings. The fourth-order valence-electron chi connectivity index (χ4n) is 5.81. The molecule has 1 fully saturated rings. The summed E-state index contributed by atoms with van der Waals surface area (Å²) in [5.41, 5.74) is 1.24. The Morgan fingerprint density at radius 3 is 2.48 bits per heavy atom. The van der Waals surface area contributed by atoms with E-state index in [0.29, 0.717) is 18.7 Å². The number of ketones is 1. The number of Topliss-reactive ketones (excluding diaryl/α,β-unsaturated/α-hetero) is 1. The number of hydrogen-bond donors (Lipinski definition) is 2. The zero-order chi connectivity index (χ0) is 30.6. The summed E-state index contributed by atoms with van der Waals surface area (Å²) in [4.78, 5) is 36.2. The van der Waals surface area contributed by atoms with Gasteiger partial charge in [-0.3, -0.25) is 9.59 Å². The van der Waals surface area contributed by atoms with Crippen LogP contribution in [0.25, 0.3) is 6.08 Å². The third kappa shape index (κ3) is 7.54. The van der Waals surface area contributed by atoms with Gasteiger partial charge in [0, 0.05) is 23.3 Å². The first kappa shape index (κ1) is 32.0. The lowest BCUT2D eigenvalue weighted by molar-refractivity contribution is -0.155. The molecule has 1 aromatic heterocycles. The molecule has 2 N–H and O–H groups in total. The maximum absolute atomic E-state index is 13.4. The number of benzene rings is 1. The Morgan fingerprint density at radius 1 is 1.10 bits per heavy atom. The number of rotatable bonds is 3. The van der Waals surface area contributed by atoms with E-state index in [1.807, 2.05) is 62.6 Å². The second-order valence-corrected chi connectivity index (χ2v) is 13.5. The number of fused-ring (bicyclic) bond motifs is 1. The Balaban J connectivity index is 1.67. The minimum Gasteiger partial charge on any atom is -0.472 e. The van der Waals surface area contributed by atoms with Crippen LogP contribution >= 0.6 is 11.3 Å². The molecule has 0 amide bonds. The van der Waals surface area contributed by atoms with Gasteiger partial charge in [0.05, 0.1) is 40.8 Å². The summed E-state index contributed by atoms with van der Waals surface area (Å²) in [5, 5.41) is 25.0. The van der Waals surface area contributed by atoms with E-state index in [-0.39, 0.29) is 30.3 Å². The molecule has 228 valence electrons. The van der Waals surface area contributed by atoms with Gasteiger partial charge in [0.2, 0.25) is 5.90 Å². The summed E-state index contributed by atoms with van der Waals surface area (Å²) in [6.45, 7) is 10.7. The van der Waals surface area contributed by atoms with Crippen molar-refractivity contribution in [2.45, 2.75) is 104 Å². The van der Waals surface area contributed by atoms with Crippen LogP contribution in [-0.4, -0.2) is 63.3 Å². The van der Waals surface area contributed by atoms with Gasteiger partial charge in [-0.15, -0.1) is 11.3 Å². The van der Waals surface area contributed by atoms with Gasteiger partial charge >= 0.3 is 5.97 Å². The summed E-state index contributed by atoms with van der Waals surface area (Å²) in [6, 6.07) is 9.57. The molecule has 9 heteroatoms. The van der Waals surface area contributed by atoms with Crippen LogP contribution in [0.2, 0.25) is 0 Å². The number of aryl methyl sites for hydroxylation is 1. The van der Waals surface area contributed by atoms with E-state index >= 15 is 0 Å². The average Bonchev–Trinajstić information content (AvgIpc) is 3.56. The number of thiazole rings is 1. The fraction of sp³-hybridized carbons (Fsp3) is 0.576. The van der Waals surface area contributed by atoms with Crippen molar-refractivity contribution in [2.24, 2.45) is 22.2 Å². The second kappa shape index (κ2) is 13.6. The molecule has 3 heterocycles. The third-order valence-electron chi connectivity index (χ3n) is 8.73. The van der Waals surface area contributed by atoms with Crippen molar-refractivity contribution in [3.05, 3.63) is 57.6 Å². The van der Waals surface area contributed by atoms with Crippen LogP contribution in [-0.2, 0) is 19.1 Å². The van der Waals surface area contributed by atoms with E-state index in [4.69, 9.17) is 14.5 Å². The molecule has 2 aliphatic rings. The molecule has 1 saturated heterocycles. The zero-order valence-corrected chi connectivity index (χ0v) is 26.3. The molecule has 0 saturated carbocycles. The number of hydrogen-bond acceptors (Lipinski definition) is 9. The van der Waals surface area contributed by atoms with Gasteiger partial charge in [-0.05, 0) is 56.4 Å². The minimum atomic E-state index is -1.27. The quantitative estimate of drug-likeness (QED) is 0.447. The first-order valence-electron chi connectivity index (χ1n) is 14.9. The van der Waals surface area contributed by atoms with Crippen LogP contribution in [0.15, 0.2) is 46.3 Å². The smallest absolute Gasteiger partial charge is 0.309 e. The van der Waals surface area contributed by atoms with Crippen LogP contribution < -0.4 is 0 Å². The number of esters is 1. The fourth-order valence-corrected chi connectivity index (χ4v) is 6.38. The van der Waals surface area contributed by atoms with E-state index in [2.05, 4.69) is 4.98 Å². The Hall–Kier alpha value is -2.88.